The van der Waals surface area contributed by atoms with Gasteiger partial charge in [-0.05, 0) is 18.4 Å². The summed E-state index contributed by atoms with van der Waals surface area (Å²) in [7, 11) is 3.18. The number of hydrogen-bond acceptors (Lipinski definition) is 3. The molecule has 2 nitrogen and oxygen atoms in total. The van der Waals surface area contributed by atoms with Crippen LogP contribution in [0.15, 0.2) is 17.0 Å². The first kappa shape index (κ1) is 10.5. The second-order valence-corrected chi connectivity index (χ2v) is 3.54. The Bertz CT molecular complexity index is 302. The molecule has 0 amide bonds. The number of ether oxygens (including phenoxy) is 2. The van der Waals surface area contributed by atoms with E-state index in [-0.39, 0.29) is 0 Å². The highest BCUT2D eigenvalue weighted by atomic mass is 35.5. The van der Waals surface area contributed by atoms with E-state index in [1.807, 2.05) is 18.4 Å². The van der Waals surface area contributed by atoms with Crippen LogP contribution >= 0.6 is 23.4 Å². The first-order valence-electron chi connectivity index (χ1n) is 3.69. The standard InChI is InChI=1S/C9H11ClO2S/c1-11-6-4-5-7(13-3)9(12-2)8(6)10/h4-5H,1-3H3. The van der Waals surface area contributed by atoms with Gasteiger partial charge >= 0.3 is 0 Å². The quantitative estimate of drug-likeness (QED) is 0.727. The Kier molecular flexibility index (Phi) is 3.75. The van der Waals surface area contributed by atoms with Gasteiger partial charge in [0, 0.05) is 0 Å². The van der Waals surface area contributed by atoms with Crippen molar-refractivity contribution in [2.24, 2.45) is 0 Å². The Morgan fingerprint density at radius 3 is 2.38 bits per heavy atom. The van der Waals surface area contributed by atoms with E-state index in [1.54, 1.807) is 26.0 Å². The smallest absolute Gasteiger partial charge is 0.154 e. The lowest BCUT2D eigenvalue weighted by atomic mass is 10.3. The molecule has 0 aliphatic rings. The summed E-state index contributed by atoms with van der Waals surface area (Å²) in [5.74, 6) is 1.31. The largest absolute Gasteiger partial charge is 0.495 e. The summed E-state index contributed by atoms with van der Waals surface area (Å²) in [5, 5.41) is 0.525. The van der Waals surface area contributed by atoms with E-state index in [0.29, 0.717) is 16.5 Å². The Morgan fingerprint density at radius 1 is 1.23 bits per heavy atom. The molecule has 13 heavy (non-hydrogen) atoms. The molecule has 4 heteroatoms. The minimum Gasteiger partial charge on any atom is -0.495 e. The number of thioether (sulfide) groups is 1. The first-order valence-corrected chi connectivity index (χ1v) is 5.29. The molecule has 0 aliphatic carbocycles. The number of halogens is 1. The molecule has 0 unspecified atom stereocenters. The summed E-state index contributed by atoms with van der Waals surface area (Å²) < 4.78 is 10.2. The molecule has 72 valence electrons. The predicted octanol–water partition coefficient (Wildman–Crippen LogP) is 3.08. The van der Waals surface area contributed by atoms with Crippen LogP contribution in [0.1, 0.15) is 0 Å². The fourth-order valence-corrected chi connectivity index (χ4v) is 1.98. The number of methoxy groups -OCH3 is 2. The van der Waals surface area contributed by atoms with Gasteiger partial charge in [-0.1, -0.05) is 11.6 Å². The van der Waals surface area contributed by atoms with Crippen LogP contribution in [-0.2, 0) is 0 Å². The Labute approximate surface area is 87.2 Å². The van der Waals surface area contributed by atoms with Crippen LogP contribution in [0.4, 0.5) is 0 Å². The van der Waals surface area contributed by atoms with Gasteiger partial charge in [0.05, 0.1) is 19.1 Å². The summed E-state index contributed by atoms with van der Waals surface area (Å²) in [4.78, 5) is 1.01. The summed E-state index contributed by atoms with van der Waals surface area (Å²) in [6.07, 6.45) is 1.97. The van der Waals surface area contributed by atoms with Crippen molar-refractivity contribution in [3.63, 3.8) is 0 Å². The molecule has 0 spiro atoms. The van der Waals surface area contributed by atoms with Crippen molar-refractivity contribution >= 4 is 23.4 Å². The zero-order valence-electron chi connectivity index (χ0n) is 7.76. The molecule has 0 fully saturated rings. The molecule has 0 N–H and O–H groups in total. The average molecular weight is 219 g/mol. The van der Waals surface area contributed by atoms with Crippen molar-refractivity contribution in [2.45, 2.75) is 4.90 Å². The Balaban J connectivity index is 3.23. The van der Waals surface area contributed by atoms with Gasteiger partial charge in [0.1, 0.15) is 10.8 Å². The molecule has 0 heterocycles. The van der Waals surface area contributed by atoms with Gasteiger partial charge in [-0.3, -0.25) is 0 Å². The monoisotopic (exact) mass is 218 g/mol. The van der Waals surface area contributed by atoms with E-state index in [0.717, 1.165) is 4.90 Å². The highest BCUT2D eigenvalue weighted by Gasteiger charge is 2.11. The van der Waals surface area contributed by atoms with Gasteiger partial charge in [0.2, 0.25) is 0 Å². The minimum absolute atomic E-state index is 0.525. The lowest BCUT2D eigenvalue weighted by Gasteiger charge is -2.10. The van der Waals surface area contributed by atoms with Crippen LogP contribution in [0, 0.1) is 0 Å². The molecule has 0 saturated carbocycles. The zero-order valence-corrected chi connectivity index (χ0v) is 9.33. The normalized spacial score (nSPS) is 9.85. The van der Waals surface area contributed by atoms with Crippen molar-refractivity contribution < 1.29 is 9.47 Å². The van der Waals surface area contributed by atoms with E-state index in [4.69, 9.17) is 21.1 Å². The molecule has 1 aromatic carbocycles. The lowest BCUT2D eigenvalue weighted by Crippen LogP contribution is -1.91. The molecule has 0 radical (unpaired) electrons. The fraction of sp³-hybridized carbons (Fsp3) is 0.333. The average Bonchev–Trinajstić information content (AvgIpc) is 2.17. The van der Waals surface area contributed by atoms with Crippen molar-refractivity contribution in [1.29, 1.82) is 0 Å². The van der Waals surface area contributed by atoms with Gasteiger partial charge in [-0.25, -0.2) is 0 Å². The molecule has 1 rings (SSSR count). The Morgan fingerprint density at radius 2 is 1.92 bits per heavy atom. The maximum atomic E-state index is 6.03. The van der Waals surface area contributed by atoms with Crippen LogP contribution in [0.5, 0.6) is 11.5 Å². The molecular formula is C9H11ClO2S. The van der Waals surface area contributed by atoms with E-state index >= 15 is 0 Å². The van der Waals surface area contributed by atoms with Crippen LogP contribution in [-0.4, -0.2) is 20.5 Å². The van der Waals surface area contributed by atoms with Crippen molar-refractivity contribution in [1.82, 2.24) is 0 Å². The number of rotatable bonds is 3. The Hall–Kier alpha value is -0.540. The van der Waals surface area contributed by atoms with Gasteiger partial charge in [-0.2, -0.15) is 0 Å². The fourth-order valence-electron chi connectivity index (χ4n) is 1.03. The first-order chi connectivity index (χ1) is 6.24. The van der Waals surface area contributed by atoms with Crippen LogP contribution in [0.3, 0.4) is 0 Å². The molecular weight excluding hydrogens is 208 g/mol. The van der Waals surface area contributed by atoms with Crippen LogP contribution in [0.2, 0.25) is 5.02 Å². The second kappa shape index (κ2) is 4.63. The van der Waals surface area contributed by atoms with Crippen LogP contribution < -0.4 is 9.47 Å². The predicted molar refractivity (Wildman–Crippen MR) is 56.3 cm³/mol. The maximum absolute atomic E-state index is 6.03. The number of benzene rings is 1. The van der Waals surface area contributed by atoms with E-state index < -0.39 is 0 Å². The minimum atomic E-state index is 0.525. The SMILES string of the molecule is COc1ccc(SC)c(OC)c1Cl. The van der Waals surface area contributed by atoms with E-state index in [9.17, 15) is 0 Å². The number of hydrogen-bond donors (Lipinski definition) is 0. The van der Waals surface area contributed by atoms with Gasteiger partial charge in [-0.15, -0.1) is 11.8 Å². The third-order valence-electron chi connectivity index (χ3n) is 1.67. The highest BCUT2D eigenvalue weighted by Crippen LogP contribution is 2.40. The lowest BCUT2D eigenvalue weighted by molar-refractivity contribution is 0.388. The molecule has 1 aromatic rings. The van der Waals surface area contributed by atoms with E-state index in [2.05, 4.69) is 0 Å². The van der Waals surface area contributed by atoms with E-state index in [1.165, 1.54) is 0 Å². The molecule has 0 aliphatic heterocycles. The molecule has 0 saturated heterocycles. The van der Waals surface area contributed by atoms with Gasteiger partial charge in [0.25, 0.3) is 0 Å². The summed E-state index contributed by atoms with van der Waals surface area (Å²) >= 11 is 7.62. The molecule has 0 atom stereocenters. The molecule has 0 bridgehead atoms. The zero-order chi connectivity index (χ0) is 9.84. The van der Waals surface area contributed by atoms with Crippen molar-refractivity contribution in [2.75, 3.05) is 20.5 Å². The van der Waals surface area contributed by atoms with Crippen molar-refractivity contribution in [3.05, 3.63) is 17.2 Å². The third kappa shape index (κ3) is 2.03. The maximum Gasteiger partial charge on any atom is 0.154 e. The topological polar surface area (TPSA) is 18.5 Å². The second-order valence-electron chi connectivity index (χ2n) is 2.32. The summed E-state index contributed by atoms with van der Waals surface area (Å²) in [6, 6.07) is 3.75. The molecule has 0 aromatic heterocycles. The highest BCUT2D eigenvalue weighted by molar-refractivity contribution is 7.98. The third-order valence-corrected chi connectivity index (χ3v) is 2.79. The van der Waals surface area contributed by atoms with Gasteiger partial charge in [0.15, 0.2) is 5.75 Å². The van der Waals surface area contributed by atoms with Crippen molar-refractivity contribution in [3.8, 4) is 11.5 Å². The summed E-state index contributed by atoms with van der Waals surface area (Å²) in [5.41, 5.74) is 0. The van der Waals surface area contributed by atoms with Gasteiger partial charge < -0.3 is 9.47 Å². The summed E-state index contributed by atoms with van der Waals surface area (Å²) in [6.45, 7) is 0. The van der Waals surface area contributed by atoms with Crippen LogP contribution in [0.25, 0.3) is 0 Å².